The third kappa shape index (κ3) is 3.30. The first-order valence-electron chi connectivity index (χ1n) is 6.10. The zero-order valence-electron chi connectivity index (χ0n) is 10.7. The van der Waals surface area contributed by atoms with Crippen LogP contribution in [-0.4, -0.2) is 35.7 Å². The number of nitrogens with one attached hydrogen (secondary N) is 1. The van der Waals surface area contributed by atoms with Crippen molar-refractivity contribution in [1.82, 2.24) is 4.98 Å². The molecule has 0 saturated carbocycles. The molecular weight excluding hydrogens is 250 g/mol. The molecule has 104 valence electrons. The average Bonchev–Trinajstić information content (AvgIpc) is 2.62. The van der Waals surface area contributed by atoms with Crippen LogP contribution >= 0.6 is 0 Å². The summed E-state index contributed by atoms with van der Waals surface area (Å²) in [5, 5.41) is 10.9. The summed E-state index contributed by atoms with van der Waals surface area (Å²) in [4.78, 5) is 16.7. The van der Waals surface area contributed by atoms with E-state index in [0.717, 1.165) is 13.0 Å². The van der Waals surface area contributed by atoms with Crippen molar-refractivity contribution >= 4 is 17.3 Å². The first-order valence-corrected chi connectivity index (χ1v) is 6.10. The highest BCUT2D eigenvalue weighted by Gasteiger charge is 2.19. The topological polar surface area (TPSA) is 107 Å². The standard InChI is InChI=1S/C11H17N5O3/c1-8-7-15(3-2-4-19-8)11-6-9(16(17)18)5-10(13-11)14-12/h5-6,8H,2-4,7,12H2,1H3,(H,13,14). The summed E-state index contributed by atoms with van der Waals surface area (Å²) < 4.78 is 5.55. The summed E-state index contributed by atoms with van der Waals surface area (Å²) in [5.74, 6) is 6.12. The molecule has 0 amide bonds. The van der Waals surface area contributed by atoms with Crippen molar-refractivity contribution in [3.05, 3.63) is 22.2 Å². The van der Waals surface area contributed by atoms with Crippen LogP contribution in [0, 0.1) is 10.1 Å². The number of nitrogen functional groups attached to an aromatic ring is 1. The van der Waals surface area contributed by atoms with E-state index in [1.807, 2.05) is 11.8 Å². The van der Waals surface area contributed by atoms with E-state index in [-0.39, 0.29) is 17.6 Å². The van der Waals surface area contributed by atoms with Gasteiger partial charge in [-0.15, -0.1) is 0 Å². The largest absolute Gasteiger partial charge is 0.377 e. The molecule has 1 aliphatic heterocycles. The maximum atomic E-state index is 10.9. The maximum absolute atomic E-state index is 10.9. The van der Waals surface area contributed by atoms with Gasteiger partial charge in [0.1, 0.15) is 11.6 Å². The van der Waals surface area contributed by atoms with E-state index in [1.165, 1.54) is 12.1 Å². The smallest absolute Gasteiger partial charge is 0.276 e. The number of nitrogens with zero attached hydrogens (tertiary/aromatic N) is 3. The number of aromatic nitrogens is 1. The molecule has 3 N–H and O–H groups in total. The molecule has 0 aromatic carbocycles. The van der Waals surface area contributed by atoms with Gasteiger partial charge < -0.3 is 15.1 Å². The maximum Gasteiger partial charge on any atom is 0.276 e. The number of hydrogen-bond donors (Lipinski definition) is 2. The Kier molecular flexibility index (Phi) is 4.13. The predicted molar refractivity (Wildman–Crippen MR) is 70.9 cm³/mol. The Labute approximate surface area is 110 Å². The zero-order chi connectivity index (χ0) is 13.8. The van der Waals surface area contributed by atoms with Crippen LogP contribution in [-0.2, 0) is 4.74 Å². The first-order chi connectivity index (χ1) is 9.10. The average molecular weight is 267 g/mol. The van der Waals surface area contributed by atoms with Crippen LogP contribution in [0.4, 0.5) is 17.3 Å². The molecule has 1 aliphatic rings. The second-order valence-corrected chi connectivity index (χ2v) is 4.45. The Hall–Kier alpha value is -1.93. The van der Waals surface area contributed by atoms with E-state index in [4.69, 9.17) is 10.6 Å². The Bertz CT molecular complexity index is 468. The first kappa shape index (κ1) is 13.5. The minimum Gasteiger partial charge on any atom is -0.377 e. The highest BCUT2D eigenvalue weighted by Crippen LogP contribution is 2.24. The molecule has 19 heavy (non-hydrogen) atoms. The highest BCUT2D eigenvalue weighted by molar-refractivity contribution is 5.55. The molecule has 1 aromatic heterocycles. The van der Waals surface area contributed by atoms with Gasteiger partial charge in [-0.2, -0.15) is 0 Å². The third-order valence-electron chi connectivity index (χ3n) is 2.93. The Balaban J connectivity index is 2.31. The molecule has 1 unspecified atom stereocenters. The van der Waals surface area contributed by atoms with Crippen molar-refractivity contribution in [2.45, 2.75) is 19.4 Å². The molecule has 8 heteroatoms. The fraction of sp³-hybridized carbons (Fsp3) is 0.545. The molecular formula is C11H17N5O3. The van der Waals surface area contributed by atoms with E-state index >= 15 is 0 Å². The van der Waals surface area contributed by atoms with Crippen LogP contribution in [0.3, 0.4) is 0 Å². The monoisotopic (exact) mass is 267 g/mol. The van der Waals surface area contributed by atoms with Crippen LogP contribution < -0.4 is 16.2 Å². The fourth-order valence-corrected chi connectivity index (χ4v) is 2.05. The van der Waals surface area contributed by atoms with Crippen LogP contribution in [0.1, 0.15) is 13.3 Å². The second kappa shape index (κ2) is 5.81. The molecule has 1 saturated heterocycles. The molecule has 1 fully saturated rings. The Morgan fingerprint density at radius 2 is 2.42 bits per heavy atom. The summed E-state index contributed by atoms with van der Waals surface area (Å²) in [6, 6.07) is 2.76. The molecule has 1 aromatic rings. The van der Waals surface area contributed by atoms with Crippen LogP contribution in [0.15, 0.2) is 12.1 Å². The summed E-state index contributed by atoms with van der Waals surface area (Å²) in [5.41, 5.74) is 2.32. The second-order valence-electron chi connectivity index (χ2n) is 4.45. The van der Waals surface area contributed by atoms with Gasteiger partial charge in [-0.1, -0.05) is 0 Å². The molecule has 0 spiro atoms. The van der Waals surface area contributed by atoms with E-state index in [9.17, 15) is 10.1 Å². The Morgan fingerprint density at radius 3 is 3.11 bits per heavy atom. The van der Waals surface area contributed by atoms with Crippen molar-refractivity contribution in [2.75, 3.05) is 30.0 Å². The summed E-state index contributed by atoms with van der Waals surface area (Å²) in [6.45, 7) is 4.06. The lowest BCUT2D eigenvalue weighted by molar-refractivity contribution is -0.384. The quantitative estimate of drug-likeness (QED) is 0.475. The normalized spacial score (nSPS) is 19.9. The number of rotatable bonds is 3. The van der Waals surface area contributed by atoms with E-state index in [2.05, 4.69) is 10.4 Å². The fourth-order valence-electron chi connectivity index (χ4n) is 2.05. The predicted octanol–water partition coefficient (Wildman–Crippen LogP) is 0.891. The summed E-state index contributed by atoms with van der Waals surface area (Å²) >= 11 is 0. The number of hydrazine groups is 1. The SMILES string of the molecule is CC1CN(c2cc([N+](=O)[O-])cc(NN)n2)CCCO1. The van der Waals surface area contributed by atoms with Gasteiger partial charge in [0.25, 0.3) is 5.69 Å². The van der Waals surface area contributed by atoms with Gasteiger partial charge in [0.05, 0.1) is 23.2 Å². The number of nitro groups is 1. The summed E-state index contributed by atoms with van der Waals surface area (Å²) in [7, 11) is 0. The number of ether oxygens (including phenoxy) is 1. The molecule has 2 heterocycles. The third-order valence-corrected chi connectivity index (χ3v) is 2.93. The molecule has 0 aliphatic carbocycles. The number of pyridine rings is 1. The van der Waals surface area contributed by atoms with Gasteiger partial charge in [-0.25, -0.2) is 10.8 Å². The molecule has 1 atom stereocenters. The van der Waals surface area contributed by atoms with Crippen LogP contribution in [0.25, 0.3) is 0 Å². The van der Waals surface area contributed by atoms with Crippen molar-refractivity contribution in [3.8, 4) is 0 Å². The minimum atomic E-state index is -0.455. The lowest BCUT2D eigenvalue weighted by Gasteiger charge is -2.23. The van der Waals surface area contributed by atoms with Gasteiger partial charge in [0.15, 0.2) is 0 Å². The van der Waals surface area contributed by atoms with Gasteiger partial charge in [0, 0.05) is 19.7 Å². The van der Waals surface area contributed by atoms with Crippen LogP contribution in [0.5, 0.6) is 0 Å². The molecule has 0 radical (unpaired) electrons. The van der Waals surface area contributed by atoms with E-state index < -0.39 is 4.92 Å². The van der Waals surface area contributed by atoms with E-state index in [0.29, 0.717) is 19.0 Å². The number of anilines is 2. The zero-order valence-corrected chi connectivity index (χ0v) is 10.7. The lowest BCUT2D eigenvalue weighted by Crippen LogP contribution is -2.31. The molecule has 0 bridgehead atoms. The van der Waals surface area contributed by atoms with Crippen molar-refractivity contribution < 1.29 is 9.66 Å². The van der Waals surface area contributed by atoms with Gasteiger partial charge in [-0.05, 0) is 13.3 Å². The van der Waals surface area contributed by atoms with Gasteiger partial charge in [-0.3, -0.25) is 10.1 Å². The van der Waals surface area contributed by atoms with Crippen LogP contribution in [0.2, 0.25) is 0 Å². The molecule has 8 nitrogen and oxygen atoms in total. The van der Waals surface area contributed by atoms with Gasteiger partial charge >= 0.3 is 0 Å². The van der Waals surface area contributed by atoms with Crippen molar-refractivity contribution in [1.29, 1.82) is 0 Å². The van der Waals surface area contributed by atoms with Crippen molar-refractivity contribution in [2.24, 2.45) is 5.84 Å². The Morgan fingerprint density at radius 1 is 1.63 bits per heavy atom. The summed E-state index contributed by atoms with van der Waals surface area (Å²) in [6.07, 6.45) is 0.929. The van der Waals surface area contributed by atoms with E-state index in [1.54, 1.807) is 0 Å². The minimum absolute atomic E-state index is 0.0317. The van der Waals surface area contributed by atoms with Gasteiger partial charge in [0.2, 0.25) is 0 Å². The number of nitrogens with two attached hydrogens (primary N) is 1. The highest BCUT2D eigenvalue weighted by atomic mass is 16.6. The number of hydrogen-bond acceptors (Lipinski definition) is 7. The lowest BCUT2D eigenvalue weighted by atomic mass is 10.3. The molecule has 2 rings (SSSR count). The van der Waals surface area contributed by atoms with Crippen molar-refractivity contribution in [3.63, 3.8) is 0 Å².